The number of anilines is 1. The van der Waals surface area contributed by atoms with E-state index < -0.39 is 0 Å². The molecule has 0 radical (unpaired) electrons. The van der Waals surface area contributed by atoms with Crippen molar-refractivity contribution < 1.29 is 4.79 Å². The van der Waals surface area contributed by atoms with Gasteiger partial charge < -0.3 is 5.32 Å². The summed E-state index contributed by atoms with van der Waals surface area (Å²) in [5, 5.41) is 4.97. The molecule has 2 aromatic rings. The van der Waals surface area contributed by atoms with Gasteiger partial charge >= 0.3 is 0 Å². The first-order valence-corrected chi connectivity index (χ1v) is 8.88. The summed E-state index contributed by atoms with van der Waals surface area (Å²) in [5.41, 5.74) is 1.96. The zero-order chi connectivity index (χ0) is 15.4. The van der Waals surface area contributed by atoms with Crippen LogP contribution >= 0.6 is 43.2 Å². The quantitative estimate of drug-likeness (QED) is 0.746. The summed E-state index contributed by atoms with van der Waals surface area (Å²) in [6, 6.07) is 7.96. The predicted molar refractivity (Wildman–Crippen MR) is 95.9 cm³/mol. The summed E-state index contributed by atoms with van der Waals surface area (Å²) in [6.07, 6.45) is 0. The molecule has 112 valence electrons. The van der Waals surface area contributed by atoms with E-state index in [1.54, 1.807) is 11.3 Å². The maximum absolute atomic E-state index is 12.1. The highest BCUT2D eigenvalue weighted by Gasteiger charge is 2.10. The molecule has 0 saturated carbocycles. The van der Waals surface area contributed by atoms with Crippen LogP contribution < -0.4 is 5.32 Å². The van der Waals surface area contributed by atoms with Crippen molar-refractivity contribution >= 4 is 54.8 Å². The zero-order valence-electron chi connectivity index (χ0n) is 11.8. The average Bonchev–Trinajstić information content (AvgIpc) is 2.78. The van der Waals surface area contributed by atoms with Gasteiger partial charge in [0.25, 0.3) is 0 Å². The molecule has 1 heterocycles. The van der Waals surface area contributed by atoms with Gasteiger partial charge in [-0.1, -0.05) is 6.07 Å². The molecule has 0 atom stereocenters. The number of amides is 1. The number of nitrogens with one attached hydrogen (secondary N) is 1. The Labute approximate surface area is 145 Å². The molecule has 0 aliphatic rings. The van der Waals surface area contributed by atoms with Gasteiger partial charge in [-0.2, -0.15) is 0 Å². The first-order chi connectivity index (χ1) is 9.94. The van der Waals surface area contributed by atoms with E-state index in [1.165, 1.54) is 4.88 Å². The Hall–Kier alpha value is -0.690. The Kier molecular flexibility index (Phi) is 5.98. The lowest BCUT2D eigenvalue weighted by atomic mass is 10.2. The van der Waals surface area contributed by atoms with E-state index in [2.05, 4.69) is 43.2 Å². The number of aryl methyl sites for hydroxylation is 1. The molecule has 3 nitrogen and oxygen atoms in total. The SMILES string of the molecule is Cc1ccc(NC(=O)CN(C)Cc2cc(Br)cs2)c(Br)c1. The van der Waals surface area contributed by atoms with Crippen molar-refractivity contribution in [1.29, 1.82) is 0 Å². The first kappa shape index (κ1) is 16.7. The van der Waals surface area contributed by atoms with Gasteiger partial charge in [-0.3, -0.25) is 9.69 Å². The molecule has 0 aliphatic heterocycles. The summed E-state index contributed by atoms with van der Waals surface area (Å²) in [5.74, 6) is -0.0160. The van der Waals surface area contributed by atoms with Crippen molar-refractivity contribution in [1.82, 2.24) is 4.90 Å². The van der Waals surface area contributed by atoms with Crippen LogP contribution in [-0.2, 0) is 11.3 Å². The molecule has 1 aromatic carbocycles. The number of carbonyl (C=O) groups excluding carboxylic acids is 1. The van der Waals surface area contributed by atoms with Crippen LogP contribution in [0.25, 0.3) is 0 Å². The highest BCUT2D eigenvalue weighted by molar-refractivity contribution is 9.10. The van der Waals surface area contributed by atoms with Gasteiger partial charge in [-0.15, -0.1) is 11.3 Å². The fraction of sp³-hybridized carbons (Fsp3) is 0.267. The Morgan fingerprint density at radius 3 is 2.71 bits per heavy atom. The van der Waals surface area contributed by atoms with Crippen LogP contribution in [-0.4, -0.2) is 24.4 Å². The second kappa shape index (κ2) is 7.54. The highest BCUT2D eigenvalue weighted by atomic mass is 79.9. The third-order valence-electron chi connectivity index (χ3n) is 2.86. The summed E-state index contributed by atoms with van der Waals surface area (Å²) in [4.78, 5) is 15.3. The minimum Gasteiger partial charge on any atom is -0.324 e. The Morgan fingerprint density at radius 2 is 2.10 bits per heavy atom. The lowest BCUT2D eigenvalue weighted by Gasteiger charge is -2.16. The molecular formula is C15H16Br2N2OS. The fourth-order valence-corrected chi connectivity index (χ4v) is 4.04. The van der Waals surface area contributed by atoms with Gasteiger partial charge in [0.15, 0.2) is 0 Å². The molecule has 1 aromatic heterocycles. The standard InChI is InChI=1S/C15H16Br2N2OS/c1-10-3-4-14(13(17)5-10)18-15(20)8-19(2)7-12-6-11(16)9-21-12/h3-6,9H,7-8H2,1-2H3,(H,18,20). The average molecular weight is 432 g/mol. The third-order valence-corrected chi connectivity index (χ3v) is 5.20. The van der Waals surface area contributed by atoms with Crippen molar-refractivity contribution in [2.24, 2.45) is 0 Å². The Balaban J connectivity index is 1.89. The van der Waals surface area contributed by atoms with Crippen LogP contribution in [0.2, 0.25) is 0 Å². The van der Waals surface area contributed by atoms with Crippen molar-refractivity contribution in [2.45, 2.75) is 13.5 Å². The molecule has 0 fully saturated rings. The monoisotopic (exact) mass is 430 g/mol. The van der Waals surface area contributed by atoms with E-state index in [9.17, 15) is 4.79 Å². The molecule has 0 spiro atoms. The molecule has 0 aliphatic carbocycles. The van der Waals surface area contributed by atoms with Crippen LogP contribution in [0.3, 0.4) is 0 Å². The first-order valence-electron chi connectivity index (χ1n) is 6.41. The van der Waals surface area contributed by atoms with Gasteiger partial charge in [0.1, 0.15) is 0 Å². The molecule has 1 amide bonds. The molecule has 2 rings (SSSR count). The van der Waals surface area contributed by atoms with Gasteiger partial charge in [0.2, 0.25) is 5.91 Å². The largest absolute Gasteiger partial charge is 0.324 e. The normalized spacial score (nSPS) is 10.9. The summed E-state index contributed by atoms with van der Waals surface area (Å²) >= 11 is 8.59. The summed E-state index contributed by atoms with van der Waals surface area (Å²) in [7, 11) is 1.94. The van der Waals surface area contributed by atoms with Crippen LogP contribution in [0, 0.1) is 6.92 Å². The third kappa shape index (κ3) is 5.21. The van der Waals surface area contributed by atoms with Crippen molar-refractivity contribution in [3.05, 3.63) is 49.0 Å². The number of likely N-dealkylation sites (N-methyl/N-ethyl adjacent to an activating group) is 1. The Bertz CT molecular complexity index is 642. The highest BCUT2D eigenvalue weighted by Crippen LogP contribution is 2.23. The second-order valence-corrected chi connectivity index (χ2v) is 7.70. The van der Waals surface area contributed by atoms with Crippen molar-refractivity contribution in [3.63, 3.8) is 0 Å². The van der Waals surface area contributed by atoms with Gasteiger partial charge in [-0.05, 0) is 69.6 Å². The number of rotatable bonds is 5. The topological polar surface area (TPSA) is 32.3 Å². The van der Waals surface area contributed by atoms with E-state index in [1.807, 2.05) is 42.5 Å². The lowest BCUT2D eigenvalue weighted by molar-refractivity contribution is -0.117. The van der Waals surface area contributed by atoms with Crippen molar-refractivity contribution in [2.75, 3.05) is 18.9 Å². The number of carbonyl (C=O) groups is 1. The maximum atomic E-state index is 12.1. The predicted octanol–water partition coefficient (Wildman–Crippen LogP) is 4.65. The summed E-state index contributed by atoms with van der Waals surface area (Å²) in [6.45, 7) is 3.14. The van der Waals surface area contributed by atoms with E-state index in [4.69, 9.17) is 0 Å². The molecule has 1 N–H and O–H groups in total. The number of thiophene rings is 1. The van der Waals surface area contributed by atoms with Gasteiger partial charge in [0, 0.05) is 25.7 Å². The van der Waals surface area contributed by atoms with Gasteiger partial charge in [-0.25, -0.2) is 0 Å². The molecule has 0 saturated heterocycles. The Morgan fingerprint density at radius 1 is 1.33 bits per heavy atom. The molecule has 0 unspecified atom stereocenters. The van der Waals surface area contributed by atoms with Crippen LogP contribution in [0.4, 0.5) is 5.69 Å². The zero-order valence-corrected chi connectivity index (χ0v) is 15.8. The minimum atomic E-state index is -0.0160. The minimum absolute atomic E-state index is 0.0160. The van der Waals surface area contributed by atoms with E-state index in [0.29, 0.717) is 6.54 Å². The van der Waals surface area contributed by atoms with E-state index >= 15 is 0 Å². The molecular weight excluding hydrogens is 416 g/mol. The fourth-order valence-electron chi connectivity index (χ4n) is 1.92. The smallest absolute Gasteiger partial charge is 0.238 e. The van der Waals surface area contributed by atoms with Crippen LogP contribution in [0.5, 0.6) is 0 Å². The van der Waals surface area contributed by atoms with Crippen LogP contribution in [0.15, 0.2) is 38.6 Å². The number of halogens is 2. The number of hydrogen-bond donors (Lipinski definition) is 1. The number of hydrogen-bond acceptors (Lipinski definition) is 3. The molecule has 21 heavy (non-hydrogen) atoms. The molecule has 0 bridgehead atoms. The maximum Gasteiger partial charge on any atom is 0.238 e. The summed E-state index contributed by atoms with van der Waals surface area (Å²) < 4.78 is 1.99. The number of benzene rings is 1. The number of nitrogens with zero attached hydrogens (tertiary/aromatic N) is 1. The second-order valence-electron chi connectivity index (χ2n) is 4.94. The van der Waals surface area contributed by atoms with Crippen molar-refractivity contribution in [3.8, 4) is 0 Å². The van der Waals surface area contributed by atoms with Crippen LogP contribution in [0.1, 0.15) is 10.4 Å². The van der Waals surface area contributed by atoms with E-state index in [0.717, 1.165) is 26.7 Å². The van der Waals surface area contributed by atoms with Gasteiger partial charge in [0.05, 0.1) is 12.2 Å². The molecule has 6 heteroatoms. The van der Waals surface area contributed by atoms with E-state index in [-0.39, 0.29) is 5.91 Å². The lowest BCUT2D eigenvalue weighted by Crippen LogP contribution is -2.29.